The molecule has 0 saturated heterocycles. The molecule has 0 unspecified atom stereocenters. The Bertz CT molecular complexity index is 1180. The number of carbonyl (C=O) groups excluding carboxylic acids is 1. The van der Waals surface area contributed by atoms with Crippen LogP contribution in [-0.2, 0) is 11.3 Å². The molecule has 0 saturated carbocycles. The van der Waals surface area contributed by atoms with Crippen molar-refractivity contribution in [2.45, 2.75) is 36.4 Å². The average molecular weight is 489 g/mol. The molecule has 34 heavy (non-hydrogen) atoms. The molecule has 1 N–H and O–H groups in total. The molecule has 4 rings (SSSR count). The topological polar surface area (TPSA) is 59.8 Å². The molecule has 0 aliphatic carbocycles. The van der Waals surface area contributed by atoms with E-state index in [1.807, 2.05) is 72.4 Å². The largest absolute Gasteiger partial charge is 0.325 e. The highest BCUT2D eigenvalue weighted by Crippen LogP contribution is 2.26. The molecule has 4 aromatic rings. The third-order valence-electron chi connectivity index (χ3n) is 5.17. The Balaban J connectivity index is 1.42. The standard InChI is InChI=1S/C27H28N4OS2/c1-2-3-18-33-24-16-14-23(15-17-24)28-25(32)20-34-27-30-29-26(22-12-8-5-9-13-22)31(27)19-21-10-6-4-7-11-21/h4-17H,2-3,18-20H2,1H3,(H,28,32). The van der Waals surface area contributed by atoms with Gasteiger partial charge >= 0.3 is 0 Å². The van der Waals surface area contributed by atoms with Gasteiger partial charge in [-0.3, -0.25) is 9.36 Å². The van der Waals surface area contributed by atoms with Crippen molar-refractivity contribution in [3.63, 3.8) is 0 Å². The molecule has 174 valence electrons. The maximum atomic E-state index is 12.6. The third-order valence-corrected chi connectivity index (χ3v) is 7.23. The van der Waals surface area contributed by atoms with E-state index in [4.69, 9.17) is 0 Å². The quantitative estimate of drug-likeness (QED) is 0.190. The van der Waals surface area contributed by atoms with E-state index in [1.165, 1.54) is 29.5 Å². The van der Waals surface area contributed by atoms with Crippen LogP contribution in [0.5, 0.6) is 0 Å². The Hall–Kier alpha value is -3.03. The van der Waals surface area contributed by atoms with Gasteiger partial charge in [0.2, 0.25) is 5.91 Å². The zero-order valence-electron chi connectivity index (χ0n) is 19.2. The van der Waals surface area contributed by atoms with Crippen LogP contribution in [0.25, 0.3) is 11.4 Å². The maximum absolute atomic E-state index is 12.6. The molecule has 5 nitrogen and oxygen atoms in total. The molecule has 3 aromatic carbocycles. The average Bonchev–Trinajstić information content (AvgIpc) is 3.27. The lowest BCUT2D eigenvalue weighted by molar-refractivity contribution is -0.113. The summed E-state index contributed by atoms with van der Waals surface area (Å²) in [6.45, 7) is 2.84. The van der Waals surface area contributed by atoms with E-state index in [9.17, 15) is 4.79 Å². The van der Waals surface area contributed by atoms with Crippen LogP contribution >= 0.6 is 23.5 Å². The fraction of sp³-hybridized carbons (Fsp3) is 0.222. The summed E-state index contributed by atoms with van der Waals surface area (Å²) in [6, 6.07) is 28.3. The van der Waals surface area contributed by atoms with Crippen molar-refractivity contribution in [1.82, 2.24) is 14.8 Å². The lowest BCUT2D eigenvalue weighted by atomic mass is 10.2. The molecule has 7 heteroatoms. The molecule has 0 radical (unpaired) electrons. The zero-order valence-corrected chi connectivity index (χ0v) is 20.8. The molecule has 0 aliphatic rings. The van der Waals surface area contributed by atoms with E-state index >= 15 is 0 Å². The number of aromatic nitrogens is 3. The Morgan fingerprint density at radius 3 is 2.29 bits per heavy atom. The van der Waals surface area contributed by atoms with Crippen molar-refractivity contribution in [3.8, 4) is 11.4 Å². The van der Waals surface area contributed by atoms with Crippen LogP contribution in [0.4, 0.5) is 5.69 Å². The number of anilines is 1. The van der Waals surface area contributed by atoms with Gasteiger partial charge in [-0.1, -0.05) is 85.8 Å². The van der Waals surface area contributed by atoms with Crippen LogP contribution in [0.1, 0.15) is 25.3 Å². The first-order valence-corrected chi connectivity index (χ1v) is 13.4. The van der Waals surface area contributed by atoms with Crippen molar-refractivity contribution in [3.05, 3.63) is 90.5 Å². The van der Waals surface area contributed by atoms with Crippen LogP contribution in [0.3, 0.4) is 0 Å². The minimum atomic E-state index is -0.0630. The van der Waals surface area contributed by atoms with Gasteiger partial charge in [0.05, 0.1) is 12.3 Å². The second kappa shape index (κ2) is 12.4. The number of rotatable bonds is 11. The van der Waals surface area contributed by atoms with Crippen LogP contribution in [-0.4, -0.2) is 32.2 Å². The predicted molar refractivity (Wildman–Crippen MR) is 142 cm³/mol. The number of benzene rings is 3. The molecule has 1 amide bonds. The molecule has 0 aliphatic heterocycles. The van der Waals surface area contributed by atoms with Gasteiger partial charge in [-0.05, 0) is 42.0 Å². The highest BCUT2D eigenvalue weighted by molar-refractivity contribution is 7.99. The van der Waals surface area contributed by atoms with E-state index in [2.05, 4.69) is 51.3 Å². The fourth-order valence-electron chi connectivity index (χ4n) is 3.40. The molecule has 0 atom stereocenters. The van der Waals surface area contributed by atoms with E-state index in [0.717, 1.165) is 33.5 Å². The summed E-state index contributed by atoms with van der Waals surface area (Å²) in [6.07, 6.45) is 2.41. The fourth-order valence-corrected chi connectivity index (χ4v) is 5.14. The lowest BCUT2D eigenvalue weighted by Crippen LogP contribution is -2.14. The second-order valence-electron chi connectivity index (χ2n) is 7.81. The highest BCUT2D eigenvalue weighted by atomic mass is 32.2. The first-order valence-electron chi connectivity index (χ1n) is 11.4. The highest BCUT2D eigenvalue weighted by Gasteiger charge is 2.16. The van der Waals surface area contributed by atoms with Gasteiger partial charge in [-0.25, -0.2) is 0 Å². The summed E-state index contributed by atoms with van der Waals surface area (Å²) in [4.78, 5) is 13.9. The van der Waals surface area contributed by atoms with E-state index < -0.39 is 0 Å². The molecule has 0 bridgehead atoms. The summed E-state index contributed by atoms with van der Waals surface area (Å²) in [5.74, 6) is 2.11. The summed E-state index contributed by atoms with van der Waals surface area (Å²) < 4.78 is 2.07. The zero-order chi connectivity index (χ0) is 23.6. The number of carbonyl (C=O) groups is 1. The number of unbranched alkanes of at least 4 members (excludes halogenated alkanes) is 1. The molecule has 1 aromatic heterocycles. The molecule has 0 spiro atoms. The SMILES string of the molecule is CCCCSc1ccc(NC(=O)CSc2nnc(-c3ccccc3)n2Cc2ccccc2)cc1. The Labute approximate surface area is 209 Å². The van der Waals surface area contributed by atoms with Crippen molar-refractivity contribution >= 4 is 35.1 Å². The van der Waals surface area contributed by atoms with Crippen LogP contribution in [0.15, 0.2) is 95.0 Å². The van der Waals surface area contributed by atoms with Crippen molar-refractivity contribution < 1.29 is 4.79 Å². The minimum Gasteiger partial charge on any atom is -0.325 e. The van der Waals surface area contributed by atoms with E-state index in [-0.39, 0.29) is 11.7 Å². The molecular weight excluding hydrogens is 460 g/mol. The lowest BCUT2D eigenvalue weighted by Gasteiger charge is -2.11. The molecular formula is C27H28N4OS2. The smallest absolute Gasteiger partial charge is 0.234 e. The van der Waals surface area contributed by atoms with Crippen LogP contribution in [0, 0.1) is 0 Å². The minimum absolute atomic E-state index is 0.0630. The summed E-state index contributed by atoms with van der Waals surface area (Å²) in [5.41, 5.74) is 2.96. The van der Waals surface area contributed by atoms with E-state index in [0.29, 0.717) is 6.54 Å². The third kappa shape index (κ3) is 6.74. The summed E-state index contributed by atoms with van der Waals surface area (Å²) in [7, 11) is 0. The van der Waals surface area contributed by atoms with Gasteiger partial charge in [-0.15, -0.1) is 22.0 Å². The normalized spacial score (nSPS) is 10.9. The van der Waals surface area contributed by atoms with E-state index in [1.54, 1.807) is 0 Å². The molecule has 0 fully saturated rings. The number of amides is 1. The number of thioether (sulfide) groups is 2. The summed E-state index contributed by atoms with van der Waals surface area (Å²) in [5, 5.41) is 12.6. The Morgan fingerprint density at radius 2 is 1.59 bits per heavy atom. The van der Waals surface area contributed by atoms with Gasteiger partial charge in [0.1, 0.15) is 0 Å². The molecule has 1 heterocycles. The number of hydrogen-bond donors (Lipinski definition) is 1. The van der Waals surface area contributed by atoms with Crippen LogP contribution in [0.2, 0.25) is 0 Å². The van der Waals surface area contributed by atoms with Gasteiger partial charge in [0.25, 0.3) is 0 Å². The van der Waals surface area contributed by atoms with Gasteiger partial charge in [0.15, 0.2) is 11.0 Å². The Morgan fingerprint density at radius 1 is 0.882 bits per heavy atom. The van der Waals surface area contributed by atoms with Crippen molar-refractivity contribution in [1.29, 1.82) is 0 Å². The van der Waals surface area contributed by atoms with Crippen LogP contribution < -0.4 is 5.32 Å². The van der Waals surface area contributed by atoms with Crippen molar-refractivity contribution in [2.75, 3.05) is 16.8 Å². The Kier molecular flexibility index (Phi) is 8.82. The van der Waals surface area contributed by atoms with Gasteiger partial charge < -0.3 is 5.32 Å². The van der Waals surface area contributed by atoms with Gasteiger partial charge in [0, 0.05) is 16.1 Å². The number of hydrogen-bond acceptors (Lipinski definition) is 5. The monoisotopic (exact) mass is 488 g/mol. The van der Waals surface area contributed by atoms with Gasteiger partial charge in [-0.2, -0.15) is 0 Å². The maximum Gasteiger partial charge on any atom is 0.234 e. The predicted octanol–water partition coefficient (Wildman–Crippen LogP) is 6.62. The number of nitrogens with one attached hydrogen (secondary N) is 1. The van der Waals surface area contributed by atoms with Crippen molar-refractivity contribution in [2.24, 2.45) is 0 Å². The first kappa shape index (κ1) is 24.1. The second-order valence-corrected chi connectivity index (χ2v) is 9.92. The summed E-state index contributed by atoms with van der Waals surface area (Å²) >= 11 is 3.25. The number of nitrogens with zero attached hydrogens (tertiary/aromatic N) is 3. The first-order chi connectivity index (χ1) is 16.7.